The lowest BCUT2D eigenvalue weighted by atomic mass is 10.0. The summed E-state index contributed by atoms with van der Waals surface area (Å²) in [4.78, 5) is 13.8. The molecule has 0 bridgehead atoms. The van der Waals surface area contributed by atoms with E-state index in [1.165, 1.54) is 16.7 Å². The zero-order valence-corrected chi connectivity index (χ0v) is 13.0. The number of halogens is 1. The molecule has 100 valence electrons. The molecular weight excluding hydrogens is 302 g/mol. The van der Waals surface area contributed by atoms with E-state index in [1.54, 1.807) is 19.2 Å². The predicted octanol–water partition coefficient (Wildman–Crippen LogP) is 3.49. The van der Waals surface area contributed by atoms with Gasteiger partial charge >= 0.3 is 0 Å². The van der Waals surface area contributed by atoms with Crippen LogP contribution in [0.5, 0.6) is 5.75 Å². The second kappa shape index (κ2) is 5.15. The number of carbonyl (C=O) groups excluding carboxylic acids is 1. The number of hydrogen-bond donors (Lipinski definition) is 1. The maximum absolute atomic E-state index is 11.9. The van der Waals surface area contributed by atoms with Gasteiger partial charge in [0.25, 0.3) is 5.91 Å². The van der Waals surface area contributed by atoms with Crippen molar-refractivity contribution in [2.45, 2.75) is 13.8 Å². The van der Waals surface area contributed by atoms with Crippen LogP contribution >= 0.6 is 35.6 Å². The van der Waals surface area contributed by atoms with Crippen molar-refractivity contribution in [1.82, 2.24) is 4.90 Å². The van der Waals surface area contributed by atoms with Gasteiger partial charge in [0.2, 0.25) is 0 Å². The van der Waals surface area contributed by atoms with Crippen LogP contribution < -0.4 is 0 Å². The van der Waals surface area contributed by atoms with Crippen molar-refractivity contribution in [3.8, 4) is 5.75 Å². The van der Waals surface area contributed by atoms with Crippen LogP contribution in [0, 0.1) is 13.8 Å². The Bertz CT molecular complexity index is 626. The number of carbonyl (C=O) groups is 1. The highest BCUT2D eigenvalue weighted by Crippen LogP contribution is 2.36. The van der Waals surface area contributed by atoms with Gasteiger partial charge in [-0.25, -0.2) is 0 Å². The van der Waals surface area contributed by atoms with Gasteiger partial charge in [-0.05, 0) is 37.1 Å². The van der Waals surface area contributed by atoms with Crippen LogP contribution in [0.3, 0.4) is 0 Å². The number of aromatic hydroxyl groups is 1. The number of amides is 1. The number of hydrogen-bond acceptors (Lipinski definition) is 4. The molecule has 1 aromatic rings. The van der Waals surface area contributed by atoms with E-state index in [2.05, 4.69) is 0 Å². The molecule has 1 aromatic carbocycles. The third-order valence-electron chi connectivity index (χ3n) is 2.97. The molecule has 1 aliphatic rings. The molecule has 6 heteroatoms. The van der Waals surface area contributed by atoms with E-state index in [0.717, 1.165) is 11.1 Å². The first-order valence-corrected chi connectivity index (χ1v) is 7.13. The number of benzene rings is 1. The predicted molar refractivity (Wildman–Crippen MR) is 83.5 cm³/mol. The molecule has 0 spiro atoms. The van der Waals surface area contributed by atoms with Gasteiger partial charge in [-0.2, -0.15) is 0 Å². The summed E-state index contributed by atoms with van der Waals surface area (Å²) in [6.45, 7) is 3.64. The van der Waals surface area contributed by atoms with Crippen molar-refractivity contribution in [2.24, 2.45) is 0 Å². The number of thiocarbonyl (C=S) groups is 1. The molecule has 0 aromatic heterocycles. The molecule has 1 saturated heterocycles. The van der Waals surface area contributed by atoms with Gasteiger partial charge < -0.3 is 5.11 Å². The molecule has 1 aliphatic heterocycles. The topological polar surface area (TPSA) is 40.5 Å². The maximum atomic E-state index is 11.9. The summed E-state index contributed by atoms with van der Waals surface area (Å²) in [5.41, 5.74) is 2.11. The highest BCUT2D eigenvalue weighted by Gasteiger charge is 2.29. The monoisotopic (exact) mass is 313 g/mol. The Hall–Kier alpha value is -1.04. The number of thioether (sulfide) groups is 1. The Morgan fingerprint density at radius 1 is 1.47 bits per heavy atom. The Morgan fingerprint density at radius 2 is 2.11 bits per heavy atom. The molecule has 0 unspecified atom stereocenters. The molecule has 0 atom stereocenters. The number of phenolic OH excluding ortho intramolecular Hbond substituents is 1. The molecule has 1 fully saturated rings. The summed E-state index contributed by atoms with van der Waals surface area (Å²) in [5.74, 6) is -0.0498. The molecule has 1 amide bonds. The fraction of sp³-hybridized carbons (Fsp3) is 0.231. The van der Waals surface area contributed by atoms with E-state index in [-0.39, 0.29) is 11.7 Å². The van der Waals surface area contributed by atoms with Crippen LogP contribution in [0.1, 0.15) is 16.7 Å². The van der Waals surface area contributed by atoms with Crippen LogP contribution in [-0.2, 0) is 4.79 Å². The van der Waals surface area contributed by atoms with Crippen molar-refractivity contribution in [2.75, 3.05) is 7.05 Å². The molecule has 2 rings (SSSR count). The van der Waals surface area contributed by atoms with Gasteiger partial charge in [0.05, 0.1) is 4.91 Å². The van der Waals surface area contributed by atoms with E-state index in [4.69, 9.17) is 23.8 Å². The maximum Gasteiger partial charge on any atom is 0.265 e. The standard InChI is InChI=1S/C13H12ClNO2S2/c1-6-4-9(16)8(7(2)11(6)14)5-10-12(17)15(3)13(18)19-10/h4-5,16H,1-3H3. The van der Waals surface area contributed by atoms with Gasteiger partial charge in [-0.3, -0.25) is 9.69 Å². The zero-order valence-electron chi connectivity index (χ0n) is 10.7. The van der Waals surface area contributed by atoms with Crippen LogP contribution in [0.2, 0.25) is 5.02 Å². The number of phenols is 1. The summed E-state index contributed by atoms with van der Waals surface area (Å²) >= 11 is 12.4. The molecule has 0 aliphatic carbocycles. The minimum absolute atomic E-state index is 0.112. The summed E-state index contributed by atoms with van der Waals surface area (Å²) in [6.07, 6.45) is 1.64. The SMILES string of the molecule is Cc1cc(O)c(C=C2SC(=S)N(C)C2=O)c(C)c1Cl. The van der Waals surface area contributed by atoms with Gasteiger partial charge in [0, 0.05) is 17.6 Å². The van der Waals surface area contributed by atoms with Crippen molar-refractivity contribution >= 4 is 51.9 Å². The summed E-state index contributed by atoms with van der Waals surface area (Å²) < 4.78 is 0.506. The number of rotatable bonds is 1. The highest BCUT2D eigenvalue weighted by molar-refractivity contribution is 8.26. The van der Waals surface area contributed by atoms with E-state index in [9.17, 15) is 9.90 Å². The van der Waals surface area contributed by atoms with Crippen molar-refractivity contribution in [1.29, 1.82) is 0 Å². The van der Waals surface area contributed by atoms with Crippen molar-refractivity contribution in [3.63, 3.8) is 0 Å². The van der Waals surface area contributed by atoms with Gasteiger partial charge in [-0.15, -0.1) is 0 Å². The molecule has 19 heavy (non-hydrogen) atoms. The molecule has 3 nitrogen and oxygen atoms in total. The number of likely N-dealkylation sites (N-methyl/N-ethyl adjacent to an activating group) is 1. The molecule has 0 radical (unpaired) electrons. The molecule has 1 heterocycles. The Labute approximate surface area is 126 Å². The number of aryl methyl sites for hydroxylation is 1. The van der Waals surface area contributed by atoms with Crippen LogP contribution in [-0.4, -0.2) is 27.3 Å². The van der Waals surface area contributed by atoms with Crippen LogP contribution in [0.15, 0.2) is 11.0 Å². The van der Waals surface area contributed by atoms with E-state index in [0.29, 0.717) is 19.8 Å². The Kier molecular flexibility index (Phi) is 3.90. The fourth-order valence-corrected chi connectivity index (χ4v) is 3.13. The zero-order chi connectivity index (χ0) is 14.3. The van der Waals surface area contributed by atoms with Gasteiger partial charge in [0.1, 0.15) is 10.1 Å². The number of nitrogens with zero attached hydrogens (tertiary/aromatic N) is 1. The smallest absolute Gasteiger partial charge is 0.265 e. The second-order valence-electron chi connectivity index (χ2n) is 4.31. The first-order valence-electron chi connectivity index (χ1n) is 5.53. The molecular formula is C13H12ClNO2S2. The summed E-state index contributed by atoms with van der Waals surface area (Å²) in [5, 5.41) is 10.6. The Balaban J connectivity index is 2.54. The van der Waals surface area contributed by atoms with Gasteiger partial charge in [0.15, 0.2) is 0 Å². The third kappa shape index (κ3) is 2.50. The Morgan fingerprint density at radius 3 is 2.63 bits per heavy atom. The van der Waals surface area contributed by atoms with Crippen molar-refractivity contribution < 1.29 is 9.90 Å². The van der Waals surface area contributed by atoms with Crippen molar-refractivity contribution in [3.05, 3.63) is 32.7 Å². The van der Waals surface area contributed by atoms with E-state index >= 15 is 0 Å². The van der Waals surface area contributed by atoms with Crippen LogP contribution in [0.25, 0.3) is 6.08 Å². The minimum atomic E-state index is -0.162. The minimum Gasteiger partial charge on any atom is -0.507 e. The average Bonchev–Trinajstić information content (AvgIpc) is 2.59. The second-order valence-corrected chi connectivity index (χ2v) is 6.36. The highest BCUT2D eigenvalue weighted by atomic mass is 35.5. The normalized spacial score (nSPS) is 17.7. The van der Waals surface area contributed by atoms with E-state index in [1.807, 2.05) is 13.8 Å². The van der Waals surface area contributed by atoms with Crippen LogP contribution in [0.4, 0.5) is 0 Å². The lowest BCUT2D eigenvalue weighted by molar-refractivity contribution is -0.121. The first kappa shape index (κ1) is 14.4. The fourth-order valence-electron chi connectivity index (χ4n) is 1.81. The summed E-state index contributed by atoms with van der Waals surface area (Å²) in [6, 6.07) is 1.59. The average molecular weight is 314 g/mol. The van der Waals surface area contributed by atoms with Gasteiger partial charge in [-0.1, -0.05) is 35.6 Å². The first-order chi connectivity index (χ1) is 8.82. The third-order valence-corrected chi connectivity index (χ3v) is 5.04. The molecule has 1 N–H and O–H groups in total. The van der Waals surface area contributed by atoms with E-state index < -0.39 is 0 Å². The quantitative estimate of drug-likeness (QED) is 0.636. The summed E-state index contributed by atoms with van der Waals surface area (Å²) in [7, 11) is 1.63. The molecule has 0 saturated carbocycles. The largest absolute Gasteiger partial charge is 0.507 e. The lowest BCUT2D eigenvalue weighted by Crippen LogP contribution is -2.22. The lowest BCUT2D eigenvalue weighted by Gasteiger charge is -2.09.